The van der Waals surface area contributed by atoms with E-state index in [1.165, 1.54) is 5.69 Å². The number of hydrogen-bond acceptors (Lipinski definition) is 2. The molecule has 1 aliphatic heterocycles. The number of carboxylic acid groups (broad SMARTS) is 1. The highest BCUT2D eigenvalue weighted by molar-refractivity contribution is 9.10. The van der Waals surface area contributed by atoms with Gasteiger partial charge in [-0.05, 0) is 37.0 Å². The van der Waals surface area contributed by atoms with Crippen molar-refractivity contribution in [3.8, 4) is 0 Å². The van der Waals surface area contributed by atoms with Gasteiger partial charge in [0.05, 0.1) is 5.92 Å². The van der Waals surface area contributed by atoms with Gasteiger partial charge < -0.3 is 10.0 Å². The van der Waals surface area contributed by atoms with Crippen LogP contribution in [0.2, 0.25) is 0 Å². The third-order valence-corrected chi connectivity index (χ3v) is 4.06. The van der Waals surface area contributed by atoms with Crippen molar-refractivity contribution in [2.75, 3.05) is 18.0 Å². The Balaban J connectivity index is 1.94. The molecule has 0 aliphatic carbocycles. The van der Waals surface area contributed by atoms with Gasteiger partial charge >= 0.3 is 5.97 Å². The van der Waals surface area contributed by atoms with Crippen LogP contribution < -0.4 is 4.90 Å². The molecular weight excluding hydrogens is 294 g/mol. The topological polar surface area (TPSA) is 40.5 Å². The maximum absolute atomic E-state index is 10.9. The summed E-state index contributed by atoms with van der Waals surface area (Å²) in [5.74, 6) is -0.427. The summed E-state index contributed by atoms with van der Waals surface area (Å²) < 4.78 is 1.09. The molecule has 1 aromatic rings. The second kappa shape index (κ2) is 5.74. The Morgan fingerprint density at radius 3 is 3.06 bits per heavy atom. The van der Waals surface area contributed by atoms with Gasteiger partial charge in [0.15, 0.2) is 0 Å². The van der Waals surface area contributed by atoms with Crippen molar-refractivity contribution in [2.24, 2.45) is 11.8 Å². The fraction of sp³-hybridized carbons (Fsp3) is 0.500. The summed E-state index contributed by atoms with van der Waals surface area (Å²) in [7, 11) is 0. The van der Waals surface area contributed by atoms with E-state index < -0.39 is 5.97 Å². The van der Waals surface area contributed by atoms with Crippen LogP contribution in [-0.2, 0) is 4.79 Å². The number of rotatable bonds is 4. The lowest BCUT2D eigenvalue weighted by atomic mass is 9.95. The molecule has 0 bridgehead atoms. The van der Waals surface area contributed by atoms with Crippen molar-refractivity contribution >= 4 is 27.6 Å². The van der Waals surface area contributed by atoms with Crippen molar-refractivity contribution in [3.63, 3.8) is 0 Å². The number of carboxylic acids is 1. The number of anilines is 1. The summed E-state index contributed by atoms with van der Waals surface area (Å²) >= 11 is 3.48. The lowest BCUT2D eigenvalue weighted by Gasteiger charge is -2.19. The predicted octanol–water partition coefficient (Wildman–Crippen LogP) is 3.39. The van der Waals surface area contributed by atoms with Gasteiger partial charge in [-0.3, -0.25) is 4.79 Å². The molecule has 1 fully saturated rings. The molecule has 2 atom stereocenters. The van der Waals surface area contributed by atoms with Gasteiger partial charge in [-0.25, -0.2) is 0 Å². The molecule has 4 heteroatoms. The highest BCUT2D eigenvalue weighted by Crippen LogP contribution is 2.29. The Labute approximate surface area is 116 Å². The van der Waals surface area contributed by atoms with Crippen LogP contribution in [0, 0.1) is 11.8 Å². The van der Waals surface area contributed by atoms with Gasteiger partial charge in [0.25, 0.3) is 0 Å². The SMILES string of the molecule is CC(CC1CCN(c2cccc(Br)c2)C1)C(=O)O. The lowest BCUT2D eigenvalue weighted by Crippen LogP contribution is -2.21. The zero-order valence-corrected chi connectivity index (χ0v) is 12.1. The van der Waals surface area contributed by atoms with E-state index in [2.05, 4.69) is 33.0 Å². The van der Waals surface area contributed by atoms with E-state index in [9.17, 15) is 4.79 Å². The number of benzene rings is 1. The standard InChI is InChI=1S/C14H18BrNO2/c1-10(14(17)18)7-11-5-6-16(9-11)13-4-2-3-12(15)8-13/h2-4,8,10-11H,5-7,9H2,1H3,(H,17,18). The molecule has 1 N–H and O–H groups in total. The molecule has 1 heterocycles. The summed E-state index contributed by atoms with van der Waals surface area (Å²) in [5, 5.41) is 8.94. The highest BCUT2D eigenvalue weighted by Gasteiger charge is 2.26. The van der Waals surface area contributed by atoms with Crippen molar-refractivity contribution in [1.82, 2.24) is 0 Å². The quantitative estimate of drug-likeness (QED) is 0.926. The van der Waals surface area contributed by atoms with Gasteiger partial charge in [-0.2, -0.15) is 0 Å². The molecule has 1 aromatic carbocycles. The van der Waals surface area contributed by atoms with E-state index in [4.69, 9.17) is 5.11 Å². The van der Waals surface area contributed by atoms with E-state index in [0.717, 1.165) is 30.4 Å². The lowest BCUT2D eigenvalue weighted by molar-refractivity contribution is -0.141. The first-order chi connectivity index (χ1) is 8.56. The van der Waals surface area contributed by atoms with Gasteiger partial charge in [-0.1, -0.05) is 28.9 Å². The first-order valence-corrected chi connectivity index (χ1v) is 7.09. The molecule has 1 saturated heterocycles. The van der Waals surface area contributed by atoms with E-state index in [1.807, 2.05) is 12.1 Å². The molecule has 3 nitrogen and oxygen atoms in total. The predicted molar refractivity (Wildman–Crippen MR) is 75.9 cm³/mol. The molecule has 1 aliphatic rings. The highest BCUT2D eigenvalue weighted by atomic mass is 79.9. The second-order valence-electron chi connectivity index (χ2n) is 5.06. The molecule has 0 aromatic heterocycles. The zero-order valence-electron chi connectivity index (χ0n) is 10.5. The number of halogens is 1. The van der Waals surface area contributed by atoms with Crippen LogP contribution in [0.25, 0.3) is 0 Å². The van der Waals surface area contributed by atoms with E-state index in [1.54, 1.807) is 6.92 Å². The number of hydrogen-bond donors (Lipinski definition) is 1. The van der Waals surface area contributed by atoms with Crippen LogP contribution in [0.5, 0.6) is 0 Å². The normalized spacial score (nSPS) is 21.0. The second-order valence-corrected chi connectivity index (χ2v) is 5.97. The Morgan fingerprint density at radius 2 is 2.39 bits per heavy atom. The maximum atomic E-state index is 10.9. The number of carbonyl (C=O) groups is 1. The van der Waals surface area contributed by atoms with Crippen molar-refractivity contribution in [1.29, 1.82) is 0 Å². The zero-order chi connectivity index (χ0) is 13.1. The average Bonchev–Trinajstić information content (AvgIpc) is 2.77. The Bertz CT molecular complexity index is 436. The molecule has 98 valence electrons. The Morgan fingerprint density at radius 1 is 1.61 bits per heavy atom. The maximum Gasteiger partial charge on any atom is 0.306 e. The summed E-state index contributed by atoms with van der Waals surface area (Å²) in [5.41, 5.74) is 1.22. The van der Waals surface area contributed by atoms with Gasteiger partial charge in [0, 0.05) is 23.2 Å². The minimum atomic E-state index is -0.684. The number of aliphatic carboxylic acids is 1. The first kappa shape index (κ1) is 13.4. The molecule has 2 rings (SSSR count). The third-order valence-electron chi connectivity index (χ3n) is 3.57. The largest absolute Gasteiger partial charge is 0.481 e. The molecule has 0 radical (unpaired) electrons. The minimum absolute atomic E-state index is 0.238. The van der Waals surface area contributed by atoms with Crippen molar-refractivity contribution in [3.05, 3.63) is 28.7 Å². The van der Waals surface area contributed by atoms with Crippen LogP contribution in [-0.4, -0.2) is 24.2 Å². The van der Waals surface area contributed by atoms with Gasteiger partial charge in [-0.15, -0.1) is 0 Å². The third kappa shape index (κ3) is 3.25. The average molecular weight is 312 g/mol. The van der Waals surface area contributed by atoms with Gasteiger partial charge in [0.2, 0.25) is 0 Å². The summed E-state index contributed by atoms with van der Waals surface area (Å²) in [6.07, 6.45) is 1.87. The monoisotopic (exact) mass is 311 g/mol. The molecule has 0 spiro atoms. The minimum Gasteiger partial charge on any atom is -0.481 e. The van der Waals surface area contributed by atoms with Crippen LogP contribution >= 0.6 is 15.9 Å². The molecule has 0 saturated carbocycles. The van der Waals surface area contributed by atoms with Gasteiger partial charge in [0.1, 0.15) is 0 Å². The Kier molecular flexibility index (Phi) is 4.27. The van der Waals surface area contributed by atoms with Crippen LogP contribution in [0.3, 0.4) is 0 Å². The molecule has 18 heavy (non-hydrogen) atoms. The van der Waals surface area contributed by atoms with Crippen molar-refractivity contribution in [2.45, 2.75) is 19.8 Å². The molecule has 0 amide bonds. The van der Waals surface area contributed by atoms with Crippen LogP contribution in [0.15, 0.2) is 28.7 Å². The van der Waals surface area contributed by atoms with E-state index in [0.29, 0.717) is 5.92 Å². The first-order valence-electron chi connectivity index (χ1n) is 6.29. The fourth-order valence-corrected chi connectivity index (χ4v) is 2.92. The molecular formula is C14H18BrNO2. The fourth-order valence-electron chi connectivity index (χ4n) is 2.53. The number of nitrogens with zero attached hydrogens (tertiary/aromatic N) is 1. The van der Waals surface area contributed by atoms with Crippen LogP contribution in [0.4, 0.5) is 5.69 Å². The molecule has 2 unspecified atom stereocenters. The summed E-state index contributed by atoms with van der Waals surface area (Å²) in [6.45, 7) is 3.78. The summed E-state index contributed by atoms with van der Waals surface area (Å²) in [4.78, 5) is 13.2. The Hall–Kier alpha value is -1.03. The van der Waals surface area contributed by atoms with Crippen LogP contribution in [0.1, 0.15) is 19.8 Å². The summed E-state index contributed by atoms with van der Waals surface area (Å²) in [6, 6.07) is 8.27. The van der Waals surface area contributed by atoms with E-state index in [-0.39, 0.29) is 5.92 Å². The smallest absolute Gasteiger partial charge is 0.306 e. The van der Waals surface area contributed by atoms with Crippen molar-refractivity contribution < 1.29 is 9.90 Å². The van der Waals surface area contributed by atoms with E-state index >= 15 is 0 Å².